The Kier molecular flexibility index (Phi) is 9.30. The van der Waals surface area contributed by atoms with Gasteiger partial charge in [0, 0.05) is 90.8 Å². The predicted molar refractivity (Wildman–Crippen MR) is 185 cm³/mol. The summed E-state index contributed by atoms with van der Waals surface area (Å²) in [4.78, 5) is 17.5. The molecule has 3 atom stereocenters. The first-order chi connectivity index (χ1) is 22.9. The zero-order valence-corrected chi connectivity index (χ0v) is 28.2. The Balaban J connectivity index is 0.000000441. The first kappa shape index (κ1) is 33.2. The number of allylic oxidation sites excluding steroid dienone is 4. The van der Waals surface area contributed by atoms with Crippen LogP contribution in [-0.2, 0) is 11.8 Å². The van der Waals surface area contributed by atoms with Crippen molar-refractivity contribution >= 4 is 44.3 Å². The highest BCUT2D eigenvalue weighted by Gasteiger charge is 2.27. The smallest absolute Gasteiger partial charge is 0.222 e. The number of amides is 1. The number of hydrogen-bond donors (Lipinski definition) is 2. The number of aliphatic hydroxyl groups is 1. The van der Waals surface area contributed by atoms with E-state index in [4.69, 9.17) is 15.2 Å². The standard InChI is InChI=1S/C30H26F3N5OS.C6H11NO/c1-16-14-34-17(2)26-13-24(36-38(16)26)29-22(12-21(32)11-20(31)7-9-39)27-23(33)15-40-30(27)28(35-29)19-4-5-25-18(10-19)6-8-37(25)3;1-5-3-6(8)7(2)4-5/h4-13,15-17,34,39H,14H2,1-3H3;5H,3-4H2,1-2H3/b9-7+,20-11+,21-12?;/t16?,17-;5-/m11/s1. The van der Waals surface area contributed by atoms with Crippen LogP contribution in [0.25, 0.3) is 49.7 Å². The van der Waals surface area contributed by atoms with Crippen LogP contribution in [-0.4, -0.2) is 55.4 Å². The van der Waals surface area contributed by atoms with E-state index >= 15 is 8.78 Å². The van der Waals surface area contributed by atoms with E-state index in [-0.39, 0.29) is 34.6 Å². The van der Waals surface area contributed by atoms with Gasteiger partial charge in [0.1, 0.15) is 23.2 Å². The summed E-state index contributed by atoms with van der Waals surface area (Å²) in [5.74, 6) is -1.62. The summed E-state index contributed by atoms with van der Waals surface area (Å²) in [6.45, 7) is 7.84. The summed E-state index contributed by atoms with van der Waals surface area (Å²) >= 11 is 1.18. The van der Waals surface area contributed by atoms with Crippen molar-refractivity contribution in [1.82, 2.24) is 29.5 Å². The van der Waals surface area contributed by atoms with Crippen molar-refractivity contribution in [2.45, 2.75) is 39.3 Å². The summed E-state index contributed by atoms with van der Waals surface area (Å²) in [6.07, 6.45) is 5.60. The molecule has 2 aliphatic rings. The van der Waals surface area contributed by atoms with Crippen LogP contribution in [0.1, 0.15) is 50.5 Å². The summed E-state index contributed by atoms with van der Waals surface area (Å²) in [5, 5.41) is 19.7. The van der Waals surface area contributed by atoms with E-state index in [1.54, 1.807) is 4.90 Å². The fourth-order valence-corrected chi connectivity index (χ4v) is 7.26. The fraction of sp³-hybridized carbons (Fsp3) is 0.306. The number of aromatic nitrogens is 4. The second-order valence-electron chi connectivity index (χ2n) is 12.5. The lowest BCUT2D eigenvalue weighted by Gasteiger charge is -2.27. The van der Waals surface area contributed by atoms with E-state index in [0.29, 0.717) is 34.3 Å². The summed E-state index contributed by atoms with van der Waals surface area (Å²) < 4.78 is 49.1. The minimum absolute atomic E-state index is 0.0250. The maximum Gasteiger partial charge on any atom is 0.222 e. The van der Waals surface area contributed by atoms with Gasteiger partial charge in [-0.3, -0.25) is 9.48 Å². The van der Waals surface area contributed by atoms with Gasteiger partial charge in [-0.25, -0.2) is 18.2 Å². The highest BCUT2D eigenvalue weighted by molar-refractivity contribution is 7.17. The second-order valence-corrected chi connectivity index (χ2v) is 13.4. The second kappa shape index (κ2) is 13.4. The molecule has 1 saturated heterocycles. The van der Waals surface area contributed by atoms with Crippen LogP contribution >= 0.6 is 11.3 Å². The number of hydrogen-bond acceptors (Lipinski definition) is 6. The minimum atomic E-state index is -0.994. The molecule has 8 nitrogen and oxygen atoms in total. The molecule has 2 aliphatic heterocycles. The minimum Gasteiger partial charge on any atom is -0.515 e. The van der Waals surface area contributed by atoms with Crippen molar-refractivity contribution in [3.63, 3.8) is 0 Å². The van der Waals surface area contributed by atoms with Crippen molar-refractivity contribution in [3.05, 3.63) is 89.1 Å². The normalized spacial score (nSPS) is 20.2. The van der Waals surface area contributed by atoms with Gasteiger partial charge in [-0.05, 0) is 50.1 Å². The Hall–Kier alpha value is -4.68. The van der Waals surface area contributed by atoms with E-state index in [1.165, 1.54) is 16.7 Å². The van der Waals surface area contributed by atoms with Crippen LogP contribution < -0.4 is 5.32 Å². The highest BCUT2D eigenvalue weighted by Crippen LogP contribution is 2.42. The molecule has 0 bridgehead atoms. The van der Waals surface area contributed by atoms with Gasteiger partial charge < -0.3 is 19.9 Å². The van der Waals surface area contributed by atoms with Gasteiger partial charge in [0.25, 0.3) is 0 Å². The van der Waals surface area contributed by atoms with Gasteiger partial charge in [0.15, 0.2) is 0 Å². The van der Waals surface area contributed by atoms with E-state index in [9.17, 15) is 9.18 Å². The van der Waals surface area contributed by atoms with Crippen LogP contribution in [0.5, 0.6) is 0 Å². The van der Waals surface area contributed by atoms with E-state index in [1.807, 2.05) is 73.7 Å². The number of carbonyl (C=O) groups excluding carboxylic acids is 1. The summed E-state index contributed by atoms with van der Waals surface area (Å²) in [7, 11) is 3.82. The Morgan fingerprint density at radius 3 is 2.56 bits per heavy atom. The Bertz CT molecular complexity index is 2080. The Morgan fingerprint density at radius 2 is 1.90 bits per heavy atom. The first-order valence-electron chi connectivity index (χ1n) is 15.7. The molecule has 48 heavy (non-hydrogen) atoms. The molecule has 0 aliphatic carbocycles. The lowest BCUT2D eigenvalue weighted by atomic mass is 10.0. The van der Waals surface area contributed by atoms with Crippen molar-refractivity contribution < 1.29 is 23.1 Å². The van der Waals surface area contributed by atoms with E-state index in [0.717, 1.165) is 53.8 Å². The number of nitrogens with zero attached hydrogens (tertiary/aromatic N) is 5. The molecule has 250 valence electrons. The zero-order valence-electron chi connectivity index (χ0n) is 27.3. The third kappa shape index (κ3) is 6.42. The molecule has 7 rings (SSSR count). The number of fused-ring (bicyclic) bond motifs is 3. The van der Waals surface area contributed by atoms with Crippen molar-refractivity contribution in [2.24, 2.45) is 13.0 Å². The maximum absolute atomic E-state index is 15.5. The molecule has 1 amide bonds. The van der Waals surface area contributed by atoms with Gasteiger partial charge >= 0.3 is 0 Å². The number of benzene rings is 1. The molecular weight excluding hydrogens is 637 g/mol. The number of thiophene rings is 1. The van der Waals surface area contributed by atoms with Crippen LogP contribution in [0.4, 0.5) is 13.2 Å². The molecule has 4 aromatic heterocycles. The maximum atomic E-state index is 15.5. The van der Waals surface area contributed by atoms with Crippen molar-refractivity contribution in [2.75, 3.05) is 20.1 Å². The fourth-order valence-electron chi connectivity index (χ4n) is 6.32. The van der Waals surface area contributed by atoms with Gasteiger partial charge in [-0.15, -0.1) is 11.3 Å². The third-order valence-corrected chi connectivity index (χ3v) is 9.74. The van der Waals surface area contributed by atoms with Gasteiger partial charge in [-0.2, -0.15) is 5.10 Å². The molecule has 12 heteroatoms. The number of nitrogens with one attached hydrogen (secondary N) is 1. The number of aliphatic hydroxyl groups excluding tert-OH is 1. The lowest BCUT2D eigenvalue weighted by molar-refractivity contribution is -0.126. The SMILES string of the molecule is CC1CN[C@H](C)c2cc(-c3nc(-c4ccc5c(ccn5C)c4)c4scc(F)c4c3C=C(F)/C=C(F)\C=C\O)nn21.C[C@@H]1CC(=O)N(C)C1. The number of rotatable bonds is 5. The van der Waals surface area contributed by atoms with Crippen LogP contribution in [0.3, 0.4) is 0 Å². The lowest BCUT2D eigenvalue weighted by Crippen LogP contribution is -2.34. The largest absolute Gasteiger partial charge is 0.515 e. The van der Waals surface area contributed by atoms with Crippen molar-refractivity contribution in [1.29, 1.82) is 0 Å². The van der Waals surface area contributed by atoms with Gasteiger partial charge in [0.2, 0.25) is 5.91 Å². The molecular formula is C36H37F3N6O2S. The zero-order chi connectivity index (χ0) is 34.3. The number of carbonyl (C=O) groups is 1. The molecule has 2 N–H and O–H groups in total. The molecule has 1 unspecified atom stereocenters. The predicted octanol–water partition coefficient (Wildman–Crippen LogP) is 8.40. The molecule has 0 radical (unpaired) electrons. The van der Waals surface area contributed by atoms with Gasteiger partial charge in [0.05, 0.1) is 34.1 Å². The number of pyridine rings is 1. The highest BCUT2D eigenvalue weighted by atomic mass is 32.1. The average molecular weight is 675 g/mol. The monoisotopic (exact) mass is 674 g/mol. The Labute approximate surface area is 280 Å². The van der Waals surface area contributed by atoms with E-state index in [2.05, 4.69) is 12.2 Å². The molecule has 1 aromatic carbocycles. The number of likely N-dealkylation sites (tertiary alicyclic amines) is 1. The summed E-state index contributed by atoms with van der Waals surface area (Å²) in [5.41, 5.74) is 4.23. The molecule has 5 aromatic rings. The van der Waals surface area contributed by atoms with Crippen LogP contribution in [0.15, 0.2) is 72.0 Å². The first-order valence-corrected chi connectivity index (χ1v) is 16.6. The summed E-state index contributed by atoms with van der Waals surface area (Å²) in [6, 6.07) is 9.90. The topological polar surface area (TPSA) is 88.2 Å². The number of aryl methyl sites for hydroxylation is 1. The van der Waals surface area contributed by atoms with E-state index < -0.39 is 17.5 Å². The molecule has 0 spiro atoms. The third-order valence-electron chi connectivity index (χ3n) is 8.78. The van der Waals surface area contributed by atoms with Crippen molar-refractivity contribution in [3.8, 4) is 22.6 Å². The van der Waals surface area contributed by atoms with Gasteiger partial charge in [-0.1, -0.05) is 13.0 Å². The molecule has 1 fully saturated rings. The number of halogens is 3. The van der Waals surface area contributed by atoms with Crippen LogP contribution in [0.2, 0.25) is 0 Å². The molecule has 0 saturated carbocycles. The van der Waals surface area contributed by atoms with Crippen LogP contribution in [0, 0.1) is 11.7 Å². The quantitative estimate of drug-likeness (QED) is 0.144. The molecule has 6 heterocycles. The Morgan fingerprint density at radius 1 is 1.10 bits per heavy atom. The average Bonchev–Trinajstić information content (AvgIpc) is 3.82.